The van der Waals surface area contributed by atoms with Crippen LogP contribution in [0.2, 0.25) is 0 Å². The summed E-state index contributed by atoms with van der Waals surface area (Å²) in [6.07, 6.45) is 3.73. The molecule has 2 heterocycles. The fourth-order valence-electron chi connectivity index (χ4n) is 2.79. The largest absolute Gasteiger partial charge is 0.497 e. The lowest BCUT2D eigenvalue weighted by Crippen LogP contribution is -2.37. The molecule has 2 aromatic rings. The second-order valence-electron chi connectivity index (χ2n) is 5.64. The number of carbonyl (C=O) groups excluding carboxylic acids is 1. The molecular weight excluding hydrogens is 294 g/mol. The predicted molar refractivity (Wildman–Crippen MR) is 85.3 cm³/mol. The number of amides is 1. The van der Waals surface area contributed by atoms with Crippen molar-refractivity contribution in [3.05, 3.63) is 47.8 Å². The quantitative estimate of drug-likeness (QED) is 0.888. The Labute approximate surface area is 135 Å². The van der Waals surface area contributed by atoms with E-state index in [1.165, 1.54) is 0 Å². The number of carbonyl (C=O) groups is 1. The normalized spacial score (nSPS) is 17.2. The van der Waals surface area contributed by atoms with Crippen LogP contribution >= 0.6 is 0 Å². The smallest absolute Gasteiger partial charge is 0.272 e. The highest BCUT2D eigenvalue weighted by Crippen LogP contribution is 2.19. The van der Waals surface area contributed by atoms with Crippen LogP contribution in [-0.2, 0) is 11.3 Å². The molecular formula is C17H21N3O3. The van der Waals surface area contributed by atoms with Gasteiger partial charge in [-0.2, -0.15) is 5.10 Å². The summed E-state index contributed by atoms with van der Waals surface area (Å²) in [6, 6.07) is 9.45. The van der Waals surface area contributed by atoms with Gasteiger partial charge in [0.05, 0.1) is 13.2 Å². The summed E-state index contributed by atoms with van der Waals surface area (Å²) in [6.45, 7) is 1.86. The van der Waals surface area contributed by atoms with Gasteiger partial charge in [0.25, 0.3) is 5.91 Å². The van der Waals surface area contributed by atoms with Gasteiger partial charge in [0, 0.05) is 25.9 Å². The van der Waals surface area contributed by atoms with Gasteiger partial charge in [-0.15, -0.1) is 0 Å². The zero-order valence-corrected chi connectivity index (χ0v) is 13.2. The number of hydrogen-bond donors (Lipinski definition) is 1. The monoisotopic (exact) mass is 315 g/mol. The van der Waals surface area contributed by atoms with E-state index in [1.54, 1.807) is 24.3 Å². The second-order valence-corrected chi connectivity index (χ2v) is 5.64. The maximum Gasteiger partial charge on any atom is 0.272 e. The third-order valence-electron chi connectivity index (χ3n) is 3.97. The SMILES string of the molecule is COc1cccc(CN(C[C@@H]2CCCO2)C(=O)c2ccn[nH]2)c1. The maximum atomic E-state index is 12.7. The zero-order chi connectivity index (χ0) is 16.1. The summed E-state index contributed by atoms with van der Waals surface area (Å²) in [5, 5.41) is 6.61. The molecule has 1 atom stereocenters. The summed E-state index contributed by atoms with van der Waals surface area (Å²) in [5.41, 5.74) is 1.51. The number of aromatic amines is 1. The van der Waals surface area contributed by atoms with Crippen molar-refractivity contribution < 1.29 is 14.3 Å². The Hall–Kier alpha value is -2.34. The number of aromatic nitrogens is 2. The Morgan fingerprint density at radius 3 is 3.09 bits per heavy atom. The number of nitrogens with zero attached hydrogens (tertiary/aromatic N) is 2. The molecule has 0 aliphatic carbocycles. The Morgan fingerprint density at radius 2 is 2.39 bits per heavy atom. The third-order valence-corrected chi connectivity index (χ3v) is 3.97. The molecule has 0 radical (unpaired) electrons. The van der Waals surface area contributed by atoms with E-state index in [1.807, 2.05) is 24.3 Å². The second kappa shape index (κ2) is 7.28. The first-order valence-corrected chi connectivity index (χ1v) is 7.79. The number of benzene rings is 1. The third kappa shape index (κ3) is 3.90. The van der Waals surface area contributed by atoms with E-state index in [0.717, 1.165) is 30.8 Å². The number of hydrogen-bond acceptors (Lipinski definition) is 4. The van der Waals surface area contributed by atoms with E-state index in [0.29, 0.717) is 18.8 Å². The van der Waals surface area contributed by atoms with Gasteiger partial charge >= 0.3 is 0 Å². The lowest BCUT2D eigenvalue weighted by Gasteiger charge is -2.25. The van der Waals surface area contributed by atoms with Crippen molar-refractivity contribution in [2.75, 3.05) is 20.3 Å². The summed E-state index contributed by atoms with van der Waals surface area (Å²) in [7, 11) is 1.64. The number of nitrogens with one attached hydrogen (secondary N) is 1. The van der Waals surface area contributed by atoms with Crippen LogP contribution in [0.15, 0.2) is 36.5 Å². The number of methoxy groups -OCH3 is 1. The number of rotatable bonds is 6. The van der Waals surface area contributed by atoms with E-state index < -0.39 is 0 Å². The predicted octanol–water partition coefficient (Wildman–Crippen LogP) is 2.24. The average molecular weight is 315 g/mol. The minimum absolute atomic E-state index is 0.0687. The highest BCUT2D eigenvalue weighted by molar-refractivity contribution is 5.92. The molecule has 1 saturated heterocycles. The topological polar surface area (TPSA) is 67.5 Å². The first-order chi connectivity index (χ1) is 11.3. The number of H-pyrrole nitrogens is 1. The lowest BCUT2D eigenvalue weighted by atomic mass is 10.1. The molecule has 3 rings (SSSR count). The van der Waals surface area contributed by atoms with Crippen LogP contribution in [0.4, 0.5) is 0 Å². The van der Waals surface area contributed by atoms with Gasteiger partial charge in [-0.3, -0.25) is 9.89 Å². The molecule has 122 valence electrons. The van der Waals surface area contributed by atoms with Gasteiger partial charge in [-0.05, 0) is 36.6 Å². The summed E-state index contributed by atoms with van der Waals surface area (Å²) < 4.78 is 10.9. The van der Waals surface area contributed by atoms with E-state index in [-0.39, 0.29) is 12.0 Å². The zero-order valence-electron chi connectivity index (χ0n) is 13.2. The lowest BCUT2D eigenvalue weighted by molar-refractivity contribution is 0.0502. The van der Waals surface area contributed by atoms with Gasteiger partial charge in [-0.1, -0.05) is 12.1 Å². The van der Waals surface area contributed by atoms with Crippen LogP contribution in [0, 0.1) is 0 Å². The van der Waals surface area contributed by atoms with Crippen molar-refractivity contribution in [1.29, 1.82) is 0 Å². The highest BCUT2D eigenvalue weighted by Gasteiger charge is 2.24. The molecule has 0 bridgehead atoms. The number of ether oxygens (including phenoxy) is 2. The Morgan fingerprint density at radius 1 is 1.48 bits per heavy atom. The average Bonchev–Trinajstić information content (AvgIpc) is 3.27. The summed E-state index contributed by atoms with van der Waals surface area (Å²) >= 11 is 0. The fourth-order valence-corrected chi connectivity index (χ4v) is 2.79. The van der Waals surface area contributed by atoms with Crippen molar-refractivity contribution in [2.45, 2.75) is 25.5 Å². The van der Waals surface area contributed by atoms with E-state index in [2.05, 4.69) is 10.2 Å². The van der Waals surface area contributed by atoms with Gasteiger partial charge in [0.2, 0.25) is 0 Å². The molecule has 6 heteroatoms. The van der Waals surface area contributed by atoms with Crippen LogP contribution in [0.3, 0.4) is 0 Å². The Balaban J connectivity index is 1.77. The molecule has 1 aliphatic heterocycles. The van der Waals surface area contributed by atoms with Crippen molar-refractivity contribution in [3.8, 4) is 5.75 Å². The molecule has 1 aliphatic rings. The standard InChI is InChI=1S/C17H21N3O3/c1-22-14-5-2-4-13(10-14)11-20(12-15-6-3-9-23-15)17(21)16-7-8-18-19-16/h2,4-5,7-8,10,15H,3,6,9,11-12H2,1H3,(H,18,19)/t15-/m0/s1. The Kier molecular flexibility index (Phi) is 4.92. The molecule has 23 heavy (non-hydrogen) atoms. The minimum Gasteiger partial charge on any atom is -0.497 e. The van der Waals surface area contributed by atoms with E-state index in [4.69, 9.17) is 9.47 Å². The first kappa shape index (κ1) is 15.6. The molecule has 1 aromatic heterocycles. The fraction of sp³-hybridized carbons (Fsp3) is 0.412. The van der Waals surface area contributed by atoms with E-state index >= 15 is 0 Å². The summed E-state index contributed by atoms with van der Waals surface area (Å²) in [5.74, 6) is 0.717. The van der Waals surface area contributed by atoms with Gasteiger partial charge in [0.1, 0.15) is 11.4 Å². The van der Waals surface area contributed by atoms with Crippen LogP contribution in [0.1, 0.15) is 28.9 Å². The summed E-state index contributed by atoms with van der Waals surface area (Å²) in [4.78, 5) is 14.5. The van der Waals surface area contributed by atoms with Crippen molar-refractivity contribution in [3.63, 3.8) is 0 Å². The molecule has 1 amide bonds. The van der Waals surface area contributed by atoms with Gasteiger partial charge < -0.3 is 14.4 Å². The van der Waals surface area contributed by atoms with E-state index in [9.17, 15) is 4.79 Å². The minimum atomic E-state index is -0.0687. The maximum absolute atomic E-state index is 12.7. The van der Waals surface area contributed by atoms with Gasteiger partial charge in [0.15, 0.2) is 0 Å². The molecule has 6 nitrogen and oxygen atoms in total. The van der Waals surface area contributed by atoms with Crippen LogP contribution in [0.25, 0.3) is 0 Å². The highest BCUT2D eigenvalue weighted by atomic mass is 16.5. The molecule has 0 saturated carbocycles. The van der Waals surface area contributed by atoms with Crippen LogP contribution in [-0.4, -0.2) is 47.4 Å². The molecule has 0 spiro atoms. The van der Waals surface area contributed by atoms with Crippen LogP contribution in [0.5, 0.6) is 5.75 Å². The first-order valence-electron chi connectivity index (χ1n) is 7.79. The molecule has 1 aromatic carbocycles. The Bertz CT molecular complexity index is 636. The van der Waals surface area contributed by atoms with Crippen LogP contribution < -0.4 is 4.74 Å². The van der Waals surface area contributed by atoms with Crippen molar-refractivity contribution in [2.24, 2.45) is 0 Å². The van der Waals surface area contributed by atoms with Gasteiger partial charge in [-0.25, -0.2) is 0 Å². The molecule has 1 fully saturated rings. The molecule has 1 N–H and O–H groups in total. The van der Waals surface area contributed by atoms with Crippen molar-refractivity contribution in [1.82, 2.24) is 15.1 Å². The molecule has 0 unspecified atom stereocenters. The van der Waals surface area contributed by atoms with Crippen molar-refractivity contribution >= 4 is 5.91 Å².